The quantitative estimate of drug-likeness (QED) is 0.710. The number of hydrogen-bond acceptors (Lipinski definition) is 2. The molecule has 13 heavy (non-hydrogen) atoms. The Morgan fingerprint density at radius 2 is 1.92 bits per heavy atom. The van der Waals surface area contributed by atoms with Gasteiger partial charge < -0.3 is 11.1 Å². The molecule has 0 spiro atoms. The number of rotatable bonds is 2. The van der Waals surface area contributed by atoms with Gasteiger partial charge >= 0.3 is 0 Å². The maximum atomic E-state index is 10.7. The second-order valence-electron chi connectivity index (χ2n) is 3.65. The summed E-state index contributed by atoms with van der Waals surface area (Å²) in [5, 5.41) is 2.95. The Balaban J connectivity index is 0.00000144. The summed E-state index contributed by atoms with van der Waals surface area (Å²) in [6.07, 6.45) is 4.53. The number of amides is 1. The fourth-order valence-electron chi connectivity index (χ4n) is 1.83. The molecule has 3 N–H and O–H groups in total. The monoisotopic (exact) mass is 206 g/mol. The largest absolute Gasteiger partial charge is 0.354 e. The lowest BCUT2D eigenvalue weighted by molar-refractivity contribution is -0.119. The van der Waals surface area contributed by atoms with Gasteiger partial charge in [0.05, 0.1) is 0 Å². The van der Waals surface area contributed by atoms with Crippen molar-refractivity contribution in [2.75, 3.05) is 6.54 Å². The molecule has 4 heteroatoms. The van der Waals surface area contributed by atoms with Crippen molar-refractivity contribution in [1.82, 2.24) is 5.32 Å². The normalized spacial score (nSPS) is 27.5. The van der Waals surface area contributed by atoms with Crippen LogP contribution in [0.15, 0.2) is 0 Å². The molecule has 1 amide bonds. The van der Waals surface area contributed by atoms with Crippen LogP contribution in [-0.2, 0) is 4.79 Å². The van der Waals surface area contributed by atoms with Gasteiger partial charge in [-0.1, -0.05) is 0 Å². The standard InChI is InChI=1S/C9H18N2O.ClH/c1-7(12)11-9-4-2-8(6-10)3-5-9;/h8-9H,2-6,10H2,1H3,(H,11,12);1H. The van der Waals surface area contributed by atoms with Gasteiger partial charge in [0.15, 0.2) is 0 Å². The molecule has 1 fully saturated rings. The topological polar surface area (TPSA) is 55.1 Å². The molecule has 0 unspecified atom stereocenters. The first-order valence-electron chi connectivity index (χ1n) is 4.69. The fraction of sp³-hybridized carbons (Fsp3) is 0.889. The van der Waals surface area contributed by atoms with Gasteiger partial charge in [0.2, 0.25) is 5.91 Å². The Morgan fingerprint density at radius 3 is 2.31 bits per heavy atom. The van der Waals surface area contributed by atoms with E-state index in [1.54, 1.807) is 6.92 Å². The molecule has 1 aliphatic carbocycles. The highest BCUT2D eigenvalue weighted by atomic mass is 35.5. The highest BCUT2D eigenvalue weighted by Gasteiger charge is 2.20. The average Bonchev–Trinajstić information content (AvgIpc) is 2.05. The smallest absolute Gasteiger partial charge is 0.217 e. The van der Waals surface area contributed by atoms with Gasteiger partial charge in [-0.15, -0.1) is 12.4 Å². The van der Waals surface area contributed by atoms with Crippen LogP contribution in [0.3, 0.4) is 0 Å². The summed E-state index contributed by atoms with van der Waals surface area (Å²) < 4.78 is 0. The van der Waals surface area contributed by atoms with Crippen LogP contribution in [0.1, 0.15) is 32.6 Å². The molecule has 0 radical (unpaired) electrons. The van der Waals surface area contributed by atoms with E-state index < -0.39 is 0 Å². The highest BCUT2D eigenvalue weighted by molar-refractivity contribution is 5.85. The third-order valence-corrected chi connectivity index (χ3v) is 2.59. The second kappa shape index (κ2) is 6.22. The first kappa shape index (κ1) is 12.7. The van der Waals surface area contributed by atoms with Gasteiger partial charge in [0, 0.05) is 13.0 Å². The molecule has 1 saturated carbocycles. The van der Waals surface area contributed by atoms with E-state index in [9.17, 15) is 4.79 Å². The highest BCUT2D eigenvalue weighted by Crippen LogP contribution is 2.22. The predicted molar refractivity (Wildman–Crippen MR) is 55.9 cm³/mol. The molecule has 1 aliphatic rings. The van der Waals surface area contributed by atoms with Crippen LogP contribution in [0.25, 0.3) is 0 Å². The molecular formula is C9H19ClN2O. The predicted octanol–water partition coefficient (Wildman–Crippen LogP) is 1.06. The van der Waals surface area contributed by atoms with Crippen LogP contribution in [0, 0.1) is 5.92 Å². The molecule has 1 rings (SSSR count). The number of nitrogens with one attached hydrogen (secondary N) is 1. The Hall–Kier alpha value is -0.280. The zero-order valence-electron chi connectivity index (χ0n) is 8.08. The SMILES string of the molecule is CC(=O)NC1CCC(CN)CC1.Cl. The molecule has 0 bridgehead atoms. The molecular weight excluding hydrogens is 188 g/mol. The van der Waals surface area contributed by atoms with Crippen LogP contribution in [0.4, 0.5) is 0 Å². The summed E-state index contributed by atoms with van der Waals surface area (Å²) in [5.41, 5.74) is 5.56. The summed E-state index contributed by atoms with van der Waals surface area (Å²) in [6.45, 7) is 2.38. The molecule has 0 saturated heterocycles. The van der Waals surface area contributed by atoms with Gasteiger partial charge in [-0.25, -0.2) is 0 Å². The van der Waals surface area contributed by atoms with Crippen LogP contribution < -0.4 is 11.1 Å². The minimum Gasteiger partial charge on any atom is -0.354 e. The molecule has 3 nitrogen and oxygen atoms in total. The molecule has 0 aromatic heterocycles. The van der Waals surface area contributed by atoms with Crippen LogP contribution in [0.5, 0.6) is 0 Å². The van der Waals surface area contributed by atoms with E-state index in [4.69, 9.17) is 5.73 Å². The fourth-order valence-corrected chi connectivity index (χ4v) is 1.83. The summed E-state index contributed by atoms with van der Waals surface area (Å²) in [5.74, 6) is 0.779. The maximum absolute atomic E-state index is 10.7. The Labute approximate surface area is 85.9 Å². The van der Waals surface area contributed by atoms with E-state index in [1.165, 1.54) is 12.8 Å². The average molecular weight is 207 g/mol. The van der Waals surface area contributed by atoms with Gasteiger partial charge in [-0.3, -0.25) is 4.79 Å². The lowest BCUT2D eigenvalue weighted by Gasteiger charge is -2.27. The van der Waals surface area contributed by atoms with Crippen molar-refractivity contribution in [3.63, 3.8) is 0 Å². The number of carbonyl (C=O) groups excluding carboxylic acids is 1. The van der Waals surface area contributed by atoms with E-state index in [0.717, 1.165) is 19.4 Å². The van der Waals surface area contributed by atoms with Crippen LogP contribution in [0.2, 0.25) is 0 Å². The minimum absolute atomic E-state index is 0. The lowest BCUT2D eigenvalue weighted by atomic mass is 9.86. The molecule has 0 aromatic rings. The minimum atomic E-state index is 0. The van der Waals surface area contributed by atoms with Crippen molar-refractivity contribution in [1.29, 1.82) is 0 Å². The van der Waals surface area contributed by atoms with Crippen molar-refractivity contribution in [3.05, 3.63) is 0 Å². The van der Waals surface area contributed by atoms with Crippen molar-refractivity contribution in [3.8, 4) is 0 Å². The van der Waals surface area contributed by atoms with Gasteiger partial charge in [0.1, 0.15) is 0 Å². The maximum Gasteiger partial charge on any atom is 0.217 e. The van der Waals surface area contributed by atoms with Crippen LogP contribution in [-0.4, -0.2) is 18.5 Å². The molecule has 0 atom stereocenters. The van der Waals surface area contributed by atoms with E-state index in [1.807, 2.05) is 0 Å². The van der Waals surface area contributed by atoms with E-state index in [0.29, 0.717) is 12.0 Å². The second-order valence-corrected chi connectivity index (χ2v) is 3.65. The summed E-state index contributed by atoms with van der Waals surface area (Å²) >= 11 is 0. The van der Waals surface area contributed by atoms with Crippen molar-refractivity contribution >= 4 is 18.3 Å². The van der Waals surface area contributed by atoms with Crippen molar-refractivity contribution < 1.29 is 4.79 Å². The first-order chi connectivity index (χ1) is 5.72. The van der Waals surface area contributed by atoms with E-state index >= 15 is 0 Å². The Bertz CT molecular complexity index is 156. The van der Waals surface area contributed by atoms with Gasteiger partial charge in [0.25, 0.3) is 0 Å². The van der Waals surface area contributed by atoms with Crippen molar-refractivity contribution in [2.45, 2.75) is 38.6 Å². The summed E-state index contributed by atoms with van der Waals surface area (Å²) in [6, 6.07) is 0.408. The Morgan fingerprint density at radius 1 is 1.38 bits per heavy atom. The zero-order valence-corrected chi connectivity index (χ0v) is 8.90. The third kappa shape index (κ3) is 4.48. The number of carbonyl (C=O) groups is 1. The number of hydrogen-bond donors (Lipinski definition) is 2. The molecule has 0 aromatic carbocycles. The number of halogens is 1. The zero-order chi connectivity index (χ0) is 8.97. The molecule has 0 heterocycles. The summed E-state index contributed by atoms with van der Waals surface area (Å²) in [4.78, 5) is 10.7. The molecule has 78 valence electrons. The summed E-state index contributed by atoms with van der Waals surface area (Å²) in [7, 11) is 0. The van der Waals surface area contributed by atoms with E-state index in [-0.39, 0.29) is 18.3 Å². The molecule has 0 aliphatic heterocycles. The van der Waals surface area contributed by atoms with Crippen molar-refractivity contribution in [2.24, 2.45) is 11.7 Å². The van der Waals surface area contributed by atoms with E-state index in [2.05, 4.69) is 5.32 Å². The van der Waals surface area contributed by atoms with Crippen LogP contribution >= 0.6 is 12.4 Å². The third-order valence-electron chi connectivity index (χ3n) is 2.59. The Kier molecular flexibility index (Phi) is 6.08. The number of nitrogens with two attached hydrogens (primary N) is 1. The van der Waals surface area contributed by atoms with Gasteiger partial charge in [-0.05, 0) is 38.1 Å². The lowest BCUT2D eigenvalue weighted by Crippen LogP contribution is -2.37. The van der Waals surface area contributed by atoms with Gasteiger partial charge in [-0.2, -0.15) is 0 Å². The first-order valence-corrected chi connectivity index (χ1v) is 4.69.